The quantitative estimate of drug-likeness (QED) is 0.605. The van der Waals surface area contributed by atoms with Crippen molar-refractivity contribution in [2.45, 2.75) is 51.0 Å². The van der Waals surface area contributed by atoms with Crippen LogP contribution in [0.1, 0.15) is 61.4 Å². The standard InChI is InChI=1S/C25H27FN2O/c26-19-12-10-18(11-13-19)25-24-21(20-7-3-4-8-22(20)27-24)15-16-28(25)23(29)14-9-17-5-1-2-6-17/h3-4,7-8,10-13,17,25,27H,1-2,5-6,9,14-16H2/t25-/m0/s1. The van der Waals surface area contributed by atoms with Gasteiger partial charge in [0.25, 0.3) is 0 Å². The molecule has 0 bridgehead atoms. The van der Waals surface area contributed by atoms with Gasteiger partial charge in [-0.1, -0.05) is 56.0 Å². The second-order valence-corrected chi connectivity index (χ2v) is 8.54. The number of aromatic nitrogens is 1. The molecule has 3 nitrogen and oxygen atoms in total. The third kappa shape index (κ3) is 3.45. The first-order valence-corrected chi connectivity index (χ1v) is 10.8. The van der Waals surface area contributed by atoms with Crippen molar-refractivity contribution in [3.05, 3.63) is 71.2 Å². The molecule has 5 rings (SSSR count). The van der Waals surface area contributed by atoms with Crippen molar-refractivity contribution in [2.75, 3.05) is 6.54 Å². The first-order valence-electron chi connectivity index (χ1n) is 10.8. The van der Waals surface area contributed by atoms with Gasteiger partial charge in [-0.25, -0.2) is 4.39 Å². The van der Waals surface area contributed by atoms with Crippen molar-refractivity contribution in [3.8, 4) is 0 Å². The Kier molecular flexibility index (Phi) is 4.86. The largest absolute Gasteiger partial charge is 0.356 e. The minimum absolute atomic E-state index is 0.178. The normalized spacial score (nSPS) is 19.6. The Morgan fingerprint density at radius 3 is 2.62 bits per heavy atom. The summed E-state index contributed by atoms with van der Waals surface area (Å²) in [5.74, 6) is 0.674. The molecule has 2 heterocycles. The number of hydrogen-bond acceptors (Lipinski definition) is 1. The average molecular weight is 391 g/mol. The van der Waals surface area contributed by atoms with Crippen LogP contribution in [-0.4, -0.2) is 22.3 Å². The summed E-state index contributed by atoms with van der Waals surface area (Å²) in [6.45, 7) is 0.709. The summed E-state index contributed by atoms with van der Waals surface area (Å²) in [7, 11) is 0. The van der Waals surface area contributed by atoms with Crippen molar-refractivity contribution in [1.82, 2.24) is 9.88 Å². The van der Waals surface area contributed by atoms with E-state index in [2.05, 4.69) is 23.2 Å². The maximum atomic E-state index is 13.6. The van der Waals surface area contributed by atoms with Crippen molar-refractivity contribution < 1.29 is 9.18 Å². The monoisotopic (exact) mass is 390 g/mol. The van der Waals surface area contributed by atoms with Gasteiger partial charge < -0.3 is 9.88 Å². The topological polar surface area (TPSA) is 36.1 Å². The lowest BCUT2D eigenvalue weighted by Gasteiger charge is -2.36. The number of halogens is 1. The molecule has 0 unspecified atom stereocenters. The van der Waals surface area contributed by atoms with Gasteiger partial charge in [0.05, 0.1) is 6.04 Å². The van der Waals surface area contributed by atoms with Crippen LogP contribution >= 0.6 is 0 Å². The van der Waals surface area contributed by atoms with E-state index in [1.165, 1.54) is 48.8 Å². The molecule has 3 aromatic rings. The molecule has 1 aliphatic carbocycles. The van der Waals surface area contributed by atoms with Crippen LogP contribution in [0, 0.1) is 11.7 Å². The third-order valence-corrected chi connectivity index (χ3v) is 6.78. The summed E-state index contributed by atoms with van der Waals surface area (Å²) in [5.41, 5.74) is 4.44. The predicted molar refractivity (Wildman–Crippen MR) is 113 cm³/mol. The lowest BCUT2D eigenvalue weighted by Crippen LogP contribution is -2.40. The number of benzene rings is 2. The number of carbonyl (C=O) groups is 1. The Balaban J connectivity index is 1.50. The number of para-hydroxylation sites is 1. The average Bonchev–Trinajstić information content (AvgIpc) is 3.39. The lowest BCUT2D eigenvalue weighted by molar-refractivity contribution is -0.133. The Bertz CT molecular complexity index is 1020. The third-order valence-electron chi connectivity index (χ3n) is 6.78. The van der Waals surface area contributed by atoms with Gasteiger partial charge in [-0.2, -0.15) is 0 Å². The molecule has 1 aliphatic heterocycles. The number of amides is 1. The molecule has 2 aromatic carbocycles. The van der Waals surface area contributed by atoms with Gasteiger partial charge in [-0.15, -0.1) is 0 Å². The van der Waals surface area contributed by atoms with Crippen LogP contribution in [0.4, 0.5) is 4.39 Å². The number of carbonyl (C=O) groups excluding carboxylic acids is 1. The molecule has 150 valence electrons. The predicted octanol–water partition coefficient (Wildman–Crippen LogP) is 5.75. The SMILES string of the molecule is O=C(CCC1CCCC1)N1CCc2c([nH]c3ccccc23)[C@@H]1c1ccc(F)cc1. The van der Waals surface area contributed by atoms with Gasteiger partial charge >= 0.3 is 0 Å². The number of nitrogens with zero attached hydrogens (tertiary/aromatic N) is 1. The number of rotatable bonds is 4. The van der Waals surface area contributed by atoms with Crippen LogP contribution in [-0.2, 0) is 11.2 Å². The maximum Gasteiger partial charge on any atom is 0.223 e. The Labute approximate surface area is 170 Å². The highest BCUT2D eigenvalue weighted by Crippen LogP contribution is 2.39. The zero-order valence-corrected chi connectivity index (χ0v) is 16.7. The van der Waals surface area contributed by atoms with E-state index in [0.29, 0.717) is 18.9 Å². The molecule has 0 radical (unpaired) electrons. The summed E-state index contributed by atoms with van der Waals surface area (Å²) in [5, 5.41) is 1.23. The van der Waals surface area contributed by atoms with Crippen molar-refractivity contribution >= 4 is 16.8 Å². The first-order chi connectivity index (χ1) is 14.2. The number of nitrogens with one attached hydrogen (secondary N) is 1. The summed E-state index contributed by atoms with van der Waals surface area (Å²) in [4.78, 5) is 18.9. The van der Waals surface area contributed by atoms with Gasteiger partial charge in [-0.05, 0) is 48.1 Å². The van der Waals surface area contributed by atoms with Crippen LogP contribution in [0.5, 0.6) is 0 Å². The first kappa shape index (κ1) is 18.4. The number of aromatic amines is 1. The van der Waals surface area contributed by atoms with Crippen LogP contribution < -0.4 is 0 Å². The summed E-state index contributed by atoms with van der Waals surface area (Å²) >= 11 is 0. The minimum Gasteiger partial charge on any atom is -0.356 e. The second kappa shape index (κ2) is 7.66. The lowest BCUT2D eigenvalue weighted by atomic mass is 9.91. The highest BCUT2D eigenvalue weighted by Gasteiger charge is 2.34. The van der Waals surface area contributed by atoms with E-state index in [-0.39, 0.29) is 17.8 Å². The number of H-pyrrole nitrogens is 1. The van der Waals surface area contributed by atoms with E-state index in [4.69, 9.17) is 0 Å². The highest BCUT2D eigenvalue weighted by molar-refractivity contribution is 5.86. The summed E-state index contributed by atoms with van der Waals surface area (Å²) < 4.78 is 13.6. The van der Waals surface area contributed by atoms with Crippen LogP contribution in [0.15, 0.2) is 48.5 Å². The fraction of sp³-hybridized carbons (Fsp3) is 0.400. The van der Waals surface area contributed by atoms with Gasteiger partial charge in [0, 0.05) is 29.6 Å². The van der Waals surface area contributed by atoms with Crippen LogP contribution in [0.3, 0.4) is 0 Å². The summed E-state index contributed by atoms with van der Waals surface area (Å²) in [6, 6.07) is 14.8. The van der Waals surface area contributed by atoms with Gasteiger partial charge in [-0.3, -0.25) is 4.79 Å². The molecule has 29 heavy (non-hydrogen) atoms. The van der Waals surface area contributed by atoms with E-state index in [9.17, 15) is 9.18 Å². The Hall–Kier alpha value is -2.62. The molecular weight excluding hydrogens is 363 g/mol. The van der Waals surface area contributed by atoms with Crippen molar-refractivity contribution in [2.24, 2.45) is 5.92 Å². The minimum atomic E-state index is -0.250. The smallest absolute Gasteiger partial charge is 0.223 e. The van der Waals surface area contributed by atoms with Crippen molar-refractivity contribution in [3.63, 3.8) is 0 Å². The van der Waals surface area contributed by atoms with Gasteiger partial charge in [0.2, 0.25) is 5.91 Å². The Morgan fingerprint density at radius 1 is 1.07 bits per heavy atom. The molecule has 2 aliphatic rings. The van der Waals surface area contributed by atoms with Crippen LogP contribution in [0.2, 0.25) is 0 Å². The molecular formula is C25H27FN2O. The molecule has 1 aromatic heterocycles. The summed E-state index contributed by atoms with van der Waals surface area (Å²) in [6.07, 6.45) is 7.59. The maximum absolute atomic E-state index is 13.6. The molecule has 0 spiro atoms. The zero-order chi connectivity index (χ0) is 19.8. The second-order valence-electron chi connectivity index (χ2n) is 8.54. The molecule has 1 fully saturated rings. The molecule has 1 N–H and O–H groups in total. The Morgan fingerprint density at radius 2 is 1.83 bits per heavy atom. The molecule has 1 atom stereocenters. The zero-order valence-electron chi connectivity index (χ0n) is 16.7. The highest BCUT2D eigenvalue weighted by atomic mass is 19.1. The fourth-order valence-corrected chi connectivity index (χ4v) is 5.27. The fourth-order valence-electron chi connectivity index (χ4n) is 5.27. The van der Waals surface area contributed by atoms with E-state index >= 15 is 0 Å². The number of fused-ring (bicyclic) bond motifs is 3. The van der Waals surface area contributed by atoms with E-state index in [1.54, 1.807) is 0 Å². The molecule has 4 heteroatoms. The molecule has 1 saturated carbocycles. The number of hydrogen-bond donors (Lipinski definition) is 1. The van der Waals surface area contributed by atoms with Gasteiger partial charge in [0.1, 0.15) is 5.82 Å². The van der Waals surface area contributed by atoms with E-state index in [1.807, 2.05) is 23.1 Å². The molecule has 1 amide bonds. The van der Waals surface area contributed by atoms with Gasteiger partial charge in [0.15, 0.2) is 0 Å². The van der Waals surface area contributed by atoms with Crippen molar-refractivity contribution in [1.29, 1.82) is 0 Å². The van der Waals surface area contributed by atoms with Crippen LogP contribution in [0.25, 0.3) is 10.9 Å². The van der Waals surface area contributed by atoms with E-state index in [0.717, 1.165) is 29.6 Å². The van der Waals surface area contributed by atoms with E-state index < -0.39 is 0 Å². The molecule has 0 saturated heterocycles.